The number of hydrogen-bond donors (Lipinski definition) is 0. The molecule has 1 aromatic carbocycles. The molecule has 1 heterocycles. The molecule has 21 heavy (non-hydrogen) atoms. The van der Waals surface area contributed by atoms with Crippen molar-refractivity contribution in [2.45, 2.75) is 24.9 Å². The van der Waals surface area contributed by atoms with Crippen LogP contribution in [0.5, 0.6) is 0 Å². The number of piperidine rings is 1. The van der Waals surface area contributed by atoms with Crippen LogP contribution in [0.3, 0.4) is 0 Å². The summed E-state index contributed by atoms with van der Waals surface area (Å²) in [4.78, 5) is 14.8. The van der Waals surface area contributed by atoms with Crippen LogP contribution in [0.25, 0.3) is 0 Å². The van der Waals surface area contributed by atoms with Gasteiger partial charge in [0.1, 0.15) is 6.04 Å². The van der Waals surface area contributed by atoms with Crippen LogP contribution >= 0.6 is 0 Å². The first-order chi connectivity index (χ1) is 10.0. The first kappa shape index (κ1) is 15.4. The molecule has 6 heteroatoms. The van der Waals surface area contributed by atoms with E-state index in [0.29, 0.717) is 11.6 Å². The van der Waals surface area contributed by atoms with Crippen molar-refractivity contribution in [1.82, 2.24) is 9.80 Å². The van der Waals surface area contributed by atoms with Gasteiger partial charge in [-0.05, 0) is 45.6 Å². The van der Waals surface area contributed by atoms with E-state index in [1.807, 2.05) is 11.9 Å². The van der Waals surface area contributed by atoms with Gasteiger partial charge < -0.3 is 4.90 Å². The summed E-state index contributed by atoms with van der Waals surface area (Å²) in [5, 5.41) is 20.4. The van der Waals surface area contributed by atoms with Crippen LogP contribution in [0, 0.1) is 21.4 Å². The second-order valence-electron chi connectivity index (χ2n) is 5.58. The number of nitro benzene ring substituents is 1. The number of non-ortho nitro benzene ring substituents is 1. The fourth-order valence-corrected chi connectivity index (χ4v) is 2.82. The zero-order valence-corrected chi connectivity index (χ0v) is 12.4. The summed E-state index contributed by atoms with van der Waals surface area (Å²) in [7, 11) is 4.03. The minimum Gasteiger partial charge on any atom is -0.306 e. The Kier molecular flexibility index (Phi) is 4.89. The topological polar surface area (TPSA) is 73.4 Å². The molecule has 0 aliphatic carbocycles. The van der Waals surface area contributed by atoms with Gasteiger partial charge in [0.05, 0.1) is 11.0 Å². The summed E-state index contributed by atoms with van der Waals surface area (Å²) >= 11 is 0. The highest BCUT2D eigenvalue weighted by atomic mass is 16.6. The van der Waals surface area contributed by atoms with Crippen LogP contribution in [0.1, 0.15) is 24.4 Å². The number of rotatable bonds is 4. The standard InChI is InChI=1S/C15H20N4O2/c1-17-8-6-13(7-9-17)18(2)15(11-16)12-4-3-5-14(10-12)19(20)21/h3-5,10,13,15H,6-9H2,1-2H3. The SMILES string of the molecule is CN1CCC(N(C)C(C#N)c2cccc([N+](=O)[O-])c2)CC1. The lowest BCUT2D eigenvalue weighted by molar-refractivity contribution is -0.384. The predicted octanol–water partition coefficient (Wildman–Crippen LogP) is 2.19. The molecule has 0 spiro atoms. The minimum absolute atomic E-state index is 0.0320. The van der Waals surface area contributed by atoms with Crippen LogP contribution in [0.2, 0.25) is 0 Å². The maximum Gasteiger partial charge on any atom is 0.269 e. The number of likely N-dealkylation sites (tertiary alicyclic amines) is 1. The Bertz CT molecular complexity index is 547. The van der Waals surface area contributed by atoms with E-state index < -0.39 is 11.0 Å². The van der Waals surface area contributed by atoms with Crippen molar-refractivity contribution in [3.8, 4) is 6.07 Å². The van der Waals surface area contributed by atoms with Crippen molar-refractivity contribution >= 4 is 5.69 Å². The first-order valence-corrected chi connectivity index (χ1v) is 7.07. The molecular formula is C15H20N4O2. The summed E-state index contributed by atoms with van der Waals surface area (Å²) in [5.41, 5.74) is 0.720. The number of nitrogens with zero attached hydrogens (tertiary/aromatic N) is 4. The zero-order valence-electron chi connectivity index (χ0n) is 12.4. The molecule has 0 N–H and O–H groups in total. The third-order valence-corrected chi connectivity index (χ3v) is 4.19. The number of hydrogen-bond acceptors (Lipinski definition) is 5. The average Bonchev–Trinajstić information content (AvgIpc) is 2.49. The second-order valence-corrected chi connectivity index (χ2v) is 5.58. The van der Waals surface area contributed by atoms with Crippen LogP contribution in [0.4, 0.5) is 5.69 Å². The molecule has 2 rings (SSSR count). The average molecular weight is 288 g/mol. The Morgan fingerprint density at radius 2 is 2.14 bits per heavy atom. The zero-order chi connectivity index (χ0) is 15.4. The summed E-state index contributed by atoms with van der Waals surface area (Å²) in [6.45, 7) is 2.03. The lowest BCUT2D eigenvalue weighted by Crippen LogP contribution is -2.43. The third kappa shape index (κ3) is 3.57. The molecule has 1 saturated heterocycles. The van der Waals surface area contributed by atoms with Gasteiger partial charge >= 0.3 is 0 Å². The third-order valence-electron chi connectivity index (χ3n) is 4.19. The van der Waals surface area contributed by atoms with Gasteiger partial charge in [0.2, 0.25) is 0 Å². The van der Waals surface area contributed by atoms with Gasteiger partial charge in [-0.2, -0.15) is 5.26 Å². The van der Waals surface area contributed by atoms with Gasteiger partial charge in [-0.15, -0.1) is 0 Å². The Labute approximate surface area is 124 Å². The van der Waals surface area contributed by atoms with E-state index in [0.717, 1.165) is 25.9 Å². The highest BCUT2D eigenvalue weighted by Crippen LogP contribution is 2.27. The lowest BCUT2D eigenvalue weighted by atomic mass is 9.99. The minimum atomic E-state index is -0.446. The summed E-state index contributed by atoms with van der Waals surface area (Å²) in [6.07, 6.45) is 2.03. The Balaban J connectivity index is 2.17. The fourth-order valence-electron chi connectivity index (χ4n) is 2.82. The quantitative estimate of drug-likeness (QED) is 0.627. The van der Waals surface area contributed by atoms with E-state index in [-0.39, 0.29) is 5.69 Å². The normalized spacial score (nSPS) is 18.4. The molecule has 1 aliphatic rings. The maximum absolute atomic E-state index is 10.9. The fraction of sp³-hybridized carbons (Fsp3) is 0.533. The molecule has 1 aromatic rings. The molecule has 0 radical (unpaired) electrons. The van der Waals surface area contributed by atoms with Crippen LogP contribution in [-0.2, 0) is 0 Å². The summed E-state index contributed by atoms with van der Waals surface area (Å²) in [5.74, 6) is 0. The van der Waals surface area contributed by atoms with Crippen LogP contribution in [-0.4, -0.2) is 47.9 Å². The molecule has 1 fully saturated rings. The molecule has 1 unspecified atom stereocenters. The van der Waals surface area contributed by atoms with Gasteiger partial charge in [0.15, 0.2) is 0 Å². The largest absolute Gasteiger partial charge is 0.306 e. The van der Waals surface area contributed by atoms with E-state index in [9.17, 15) is 15.4 Å². The molecule has 0 amide bonds. The predicted molar refractivity (Wildman–Crippen MR) is 79.7 cm³/mol. The first-order valence-electron chi connectivity index (χ1n) is 7.07. The van der Waals surface area contributed by atoms with Gasteiger partial charge in [0.25, 0.3) is 5.69 Å². The lowest BCUT2D eigenvalue weighted by Gasteiger charge is -2.37. The van der Waals surface area contributed by atoms with Gasteiger partial charge in [-0.25, -0.2) is 0 Å². The number of benzene rings is 1. The van der Waals surface area contributed by atoms with Crippen molar-refractivity contribution < 1.29 is 4.92 Å². The molecule has 1 atom stereocenters. The number of nitro groups is 1. The van der Waals surface area contributed by atoms with Crippen molar-refractivity contribution in [3.05, 3.63) is 39.9 Å². The number of nitriles is 1. The van der Waals surface area contributed by atoms with Crippen molar-refractivity contribution in [2.75, 3.05) is 27.2 Å². The highest BCUT2D eigenvalue weighted by Gasteiger charge is 2.27. The molecule has 112 valence electrons. The highest BCUT2D eigenvalue weighted by molar-refractivity contribution is 5.37. The molecule has 0 bridgehead atoms. The molecule has 1 aliphatic heterocycles. The van der Waals surface area contributed by atoms with E-state index in [1.54, 1.807) is 12.1 Å². The Morgan fingerprint density at radius 1 is 1.48 bits per heavy atom. The van der Waals surface area contributed by atoms with Crippen molar-refractivity contribution in [1.29, 1.82) is 5.26 Å². The van der Waals surface area contributed by atoms with Gasteiger partial charge in [-0.1, -0.05) is 12.1 Å². The monoisotopic (exact) mass is 288 g/mol. The van der Waals surface area contributed by atoms with E-state index in [2.05, 4.69) is 18.0 Å². The van der Waals surface area contributed by atoms with Gasteiger partial charge in [-0.3, -0.25) is 15.0 Å². The maximum atomic E-state index is 10.9. The second kappa shape index (κ2) is 6.66. The van der Waals surface area contributed by atoms with Crippen LogP contribution < -0.4 is 0 Å². The Morgan fingerprint density at radius 3 is 2.71 bits per heavy atom. The molecule has 0 saturated carbocycles. The van der Waals surface area contributed by atoms with E-state index >= 15 is 0 Å². The van der Waals surface area contributed by atoms with E-state index in [1.165, 1.54) is 12.1 Å². The molecular weight excluding hydrogens is 268 g/mol. The summed E-state index contributed by atoms with van der Waals surface area (Å²) < 4.78 is 0. The van der Waals surface area contributed by atoms with Gasteiger partial charge in [0, 0.05) is 18.2 Å². The van der Waals surface area contributed by atoms with Crippen LogP contribution in [0.15, 0.2) is 24.3 Å². The smallest absolute Gasteiger partial charge is 0.269 e. The van der Waals surface area contributed by atoms with Crippen molar-refractivity contribution in [3.63, 3.8) is 0 Å². The van der Waals surface area contributed by atoms with E-state index in [4.69, 9.17) is 0 Å². The molecule has 6 nitrogen and oxygen atoms in total. The molecule has 0 aromatic heterocycles. The van der Waals surface area contributed by atoms with Crippen molar-refractivity contribution in [2.24, 2.45) is 0 Å². The Hall–Kier alpha value is -1.97. The summed E-state index contributed by atoms with van der Waals surface area (Å²) in [6, 6.07) is 8.55.